The third-order valence-electron chi connectivity index (χ3n) is 4.19. The molecule has 3 rings (SSSR count). The van der Waals surface area contributed by atoms with Crippen molar-refractivity contribution in [3.05, 3.63) is 70.7 Å². The van der Waals surface area contributed by atoms with Crippen molar-refractivity contribution < 1.29 is 26.3 Å². The topological polar surface area (TPSA) is 111 Å². The minimum absolute atomic E-state index is 0.0847. The second kappa shape index (κ2) is 9.45. The van der Waals surface area contributed by atoms with Gasteiger partial charge in [0.2, 0.25) is 0 Å². The Balaban J connectivity index is 1.82. The van der Waals surface area contributed by atoms with E-state index in [2.05, 4.69) is 9.44 Å². The van der Waals surface area contributed by atoms with E-state index in [1.54, 1.807) is 0 Å². The number of benzene rings is 3. The number of rotatable bonds is 8. The van der Waals surface area contributed by atoms with Crippen molar-refractivity contribution in [1.82, 2.24) is 0 Å². The van der Waals surface area contributed by atoms with Gasteiger partial charge in [-0.1, -0.05) is 23.2 Å². The van der Waals surface area contributed by atoms with Crippen molar-refractivity contribution in [2.24, 2.45) is 0 Å². The molecule has 12 heteroatoms. The average molecular weight is 517 g/mol. The number of sulfonamides is 2. The molecule has 0 aliphatic carbocycles. The summed E-state index contributed by atoms with van der Waals surface area (Å²) in [5, 5.41) is 0.544. The number of halogens is 2. The van der Waals surface area contributed by atoms with Crippen LogP contribution in [-0.2, 0) is 20.0 Å². The summed E-state index contributed by atoms with van der Waals surface area (Å²) in [5.41, 5.74) is 0.353. The molecule has 0 fully saturated rings. The predicted octanol–water partition coefficient (Wildman–Crippen LogP) is 4.61. The van der Waals surface area contributed by atoms with E-state index in [9.17, 15) is 16.8 Å². The maximum absolute atomic E-state index is 12.8. The third kappa shape index (κ3) is 5.57. The van der Waals surface area contributed by atoms with Crippen LogP contribution in [-0.4, -0.2) is 31.1 Å². The van der Waals surface area contributed by atoms with Crippen LogP contribution in [0.4, 0.5) is 11.4 Å². The molecule has 0 aliphatic rings. The zero-order valence-corrected chi connectivity index (χ0v) is 19.9. The van der Waals surface area contributed by atoms with Gasteiger partial charge in [0.05, 0.1) is 24.8 Å². The van der Waals surface area contributed by atoms with E-state index in [-0.39, 0.29) is 37.0 Å². The molecular formula is C20H18Cl2N2O6S2. The zero-order chi connectivity index (χ0) is 23.5. The van der Waals surface area contributed by atoms with Gasteiger partial charge in [0.1, 0.15) is 16.4 Å². The van der Waals surface area contributed by atoms with Gasteiger partial charge in [0.15, 0.2) is 0 Å². The number of ether oxygens (including phenoxy) is 2. The Kier molecular flexibility index (Phi) is 7.09. The number of nitrogens with one attached hydrogen (secondary N) is 2. The van der Waals surface area contributed by atoms with Crippen LogP contribution in [0.1, 0.15) is 0 Å². The minimum Gasteiger partial charge on any atom is -0.497 e. The highest BCUT2D eigenvalue weighted by Crippen LogP contribution is 2.30. The van der Waals surface area contributed by atoms with Gasteiger partial charge < -0.3 is 9.47 Å². The van der Waals surface area contributed by atoms with Crippen LogP contribution in [0.5, 0.6) is 11.5 Å². The first kappa shape index (κ1) is 24.0. The molecule has 0 heterocycles. The molecular weight excluding hydrogens is 499 g/mol. The quantitative estimate of drug-likeness (QED) is 0.452. The molecule has 8 nitrogen and oxygen atoms in total. The Morgan fingerprint density at radius 3 is 1.84 bits per heavy atom. The summed E-state index contributed by atoms with van der Waals surface area (Å²) in [6.07, 6.45) is 0. The molecule has 0 atom stereocenters. The van der Waals surface area contributed by atoms with Crippen LogP contribution < -0.4 is 18.9 Å². The van der Waals surface area contributed by atoms with E-state index in [0.717, 1.165) is 0 Å². The van der Waals surface area contributed by atoms with Crippen molar-refractivity contribution in [3.63, 3.8) is 0 Å². The zero-order valence-electron chi connectivity index (χ0n) is 16.8. The van der Waals surface area contributed by atoms with E-state index in [1.807, 2.05) is 0 Å². The molecule has 0 aliphatic heterocycles. The van der Waals surface area contributed by atoms with Crippen molar-refractivity contribution >= 4 is 54.6 Å². The molecule has 0 saturated heterocycles. The molecule has 0 saturated carbocycles. The number of hydrogen-bond donors (Lipinski definition) is 2. The second-order valence-corrected chi connectivity index (χ2v) is 10.6. The van der Waals surface area contributed by atoms with Gasteiger partial charge in [-0.15, -0.1) is 0 Å². The molecule has 32 heavy (non-hydrogen) atoms. The predicted molar refractivity (Wildman–Crippen MR) is 124 cm³/mol. The summed E-state index contributed by atoms with van der Waals surface area (Å²) in [6.45, 7) is 0. The highest BCUT2D eigenvalue weighted by atomic mass is 35.5. The van der Waals surface area contributed by atoms with Crippen molar-refractivity contribution in [2.75, 3.05) is 23.7 Å². The van der Waals surface area contributed by atoms with Gasteiger partial charge in [-0.3, -0.25) is 9.44 Å². The molecule has 0 unspecified atom stereocenters. The van der Waals surface area contributed by atoms with Gasteiger partial charge >= 0.3 is 0 Å². The molecule has 3 aromatic rings. The molecule has 0 radical (unpaired) electrons. The fourth-order valence-corrected chi connectivity index (χ4v) is 5.51. The van der Waals surface area contributed by atoms with E-state index in [0.29, 0.717) is 5.75 Å². The summed E-state index contributed by atoms with van der Waals surface area (Å²) < 4.78 is 65.8. The summed E-state index contributed by atoms with van der Waals surface area (Å²) >= 11 is 11.8. The first-order valence-electron chi connectivity index (χ1n) is 8.88. The maximum Gasteiger partial charge on any atom is 0.265 e. The molecule has 0 aromatic heterocycles. The monoisotopic (exact) mass is 516 g/mol. The van der Waals surface area contributed by atoms with Crippen molar-refractivity contribution in [1.29, 1.82) is 0 Å². The Hall–Kier alpha value is -2.66. The van der Waals surface area contributed by atoms with Gasteiger partial charge in [0.25, 0.3) is 20.0 Å². The lowest BCUT2D eigenvalue weighted by molar-refractivity contribution is 0.386. The summed E-state index contributed by atoms with van der Waals surface area (Å²) in [7, 11) is -5.18. The molecule has 0 bridgehead atoms. The van der Waals surface area contributed by atoms with Gasteiger partial charge in [0, 0.05) is 21.8 Å². The van der Waals surface area contributed by atoms with Crippen LogP contribution in [0.3, 0.4) is 0 Å². The first-order valence-corrected chi connectivity index (χ1v) is 12.6. The maximum atomic E-state index is 12.8. The van der Waals surface area contributed by atoms with Gasteiger partial charge in [-0.2, -0.15) is 0 Å². The van der Waals surface area contributed by atoms with Gasteiger partial charge in [-0.25, -0.2) is 16.8 Å². The van der Waals surface area contributed by atoms with E-state index >= 15 is 0 Å². The highest BCUT2D eigenvalue weighted by Gasteiger charge is 2.21. The Labute approximate surface area is 196 Å². The van der Waals surface area contributed by atoms with Crippen LogP contribution in [0.25, 0.3) is 0 Å². The normalized spacial score (nSPS) is 11.6. The number of anilines is 2. The largest absolute Gasteiger partial charge is 0.497 e. The fourth-order valence-electron chi connectivity index (χ4n) is 2.74. The standard InChI is InChI=1S/C20H18Cl2N2O6S2/c1-29-17-5-8-20(19(12-17)30-2)32(27,28)23-15-3-6-18(7-4-15)31(25,26)24-16-10-13(21)9-14(22)11-16/h3-12,23-24H,1-2H3. The van der Waals surface area contributed by atoms with E-state index < -0.39 is 20.0 Å². The van der Waals surface area contributed by atoms with Crippen LogP contribution >= 0.6 is 23.2 Å². The van der Waals surface area contributed by atoms with Crippen LogP contribution in [0.15, 0.2) is 70.5 Å². The number of methoxy groups -OCH3 is 2. The number of hydrogen-bond acceptors (Lipinski definition) is 6. The molecule has 3 aromatic carbocycles. The van der Waals surface area contributed by atoms with Crippen molar-refractivity contribution in [2.45, 2.75) is 9.79 Å². The summed E-state index contributed by atoms with van der Waals surface area (Å²) in [5.74, 6) is 0.532. The molecule has 2 N–H and O–H groups in total. The fraction of sp³-hybridized carbons (Fsp3) is 0.100. The Morgan fingerprint density at radius 2 is 1.28 bits per heavy atom. The van der Waals surface area contributed by atoms with E-state index in [4.69, 9.17) is 32.7 Å². The molecule has 0 amide bonds. The smallest absolute Gasteiger partial charge is 0.265 e. The van der Waals surface area contributed by atoms with Gasteiger partial charge in [-0.05, 0) is 54.6 Å². The van der Waals surface area contributed by atoms with Crippen molar-refractivity contribution in [3.8, 4) is 11.5 Å². The Morgan fingerprint density at radius 1 is 0.688 bits per heavy atom. The van der Waals surface area contributed by atoms with Crippen LogP contribution in [0.2, 0.25) is 10.0 Å². The lowest BCUT2D eigenvalue weighted by Gasteiger charge is -2.13. The minimum atomic E-state index is -4.01. The van der Waals surface area contributed by atoms with E-state index in [1.165, 1.54) is 74.9 Å². The molecule has 0 spiro atoms. The molecule has 170 valence electrons. The third-order valence-corrected chi connectivity index (χ3v) is 7.45. The SMILES string of the molecule is COc1ccc(S(=O)(=O)Nc2ccc(S(=O)(=O)Nc3cc(Cl)cc(Cl)c3)cc2)c(OC)c1. The Bertz CT molecular complexity index is 1320. The average Bonchev–Trinajstić information content (AvgIpc) is 2.72. The highest BCUT2D eigenvalue weighted by molar-refractivity contribution is 7.93. The summed E-state index contributed by atoms with van der Waals surface area (Å²) in [4.78, 5) is -0.185. The summed E-state index contributed by atoms with van der Waals surface area (Å²) in [6, 6.07) is 13.7. The second-order valence-electron chi connectivity index (χ2n) is 6.41. The lowest BCUT2D eigenvalue weighted by Crippen LogP contribution is -2.15. The first-order chi connectivity index (χ1) is 15.0. The lowest BCUT2D eigenvalue weighted by atomic mass is 10.3. The van der Waals surface area contributed by atoms with Crippen LogP contribution in [0, 0.1) is 0 Å².